The van der Waals surface area contributed by atoms with Crippen molar-refractivity contribution in [1.82, 2.24) is 4.90 Å². The van der Waals surface area contributed by atoms with E-state index in [1.807, 2.05) is 65.0 Å². The number of cyclic esters (lactones) is 1. The minimum Gasteiger partial charge on any atom is -0.492 e. The van der Waals surface area contributed by atoms with Gasteiger partial charge in [-0.2, -0.15) is 0 Å². The van der Waals surface area contributed by atoms with Crippen molar-refractivity contribution in [3.63, 3.8) is 0 Å². The zero-order chi connectivity index (χ0) is 26.6. The largest absolute Gasteiger partial charge is 0.492 e. The van der Waals surface area contributed by atoms with Gasteiger partial charge in [0.15, 0.2) is 5.79 Å². The molecule has 2 saturated heterocycles. The molecule has 3 heterocycles. The lowest BCUT2D eigenvalue weighted by atomic mass is 9.97. The molecule has 2 unspecified atom stereocenters. The second-order valence-corrected chi connectivity index (χ2v) is 10.6. The summed E-state index contributed by atoms with van der Waals surface area (Å²) < 4.78 is 29.5. The quantitative estimate of drug-likeness (QED) is 0.480. The average Bonchev–Trinajstić information content (AvgIpc) is 3.16. The maximum absolute atomic E-state index is 13.3. The van der Waals surface area contributed by atoms with E-state index in [1.165, 1.54) is 0 Å². The van der Waals surface area contributed by atoms with Crippen molar-refractivity contribution in [2.75, 3.05) is 39.5 Å². The van der Waals surface area contributed by atoms with Gasteiger partial charge in [0, 0.05) is 25.6 Å². The number of fused-ring (bicyclic) bond motifs is 2. The number of esters is 1. The first-order chi connectivity index (χ1) is 17.6. The molecule has 0 saturated carbocycles. The Labute approximate surface area is 220 Å². The molecule has 0 aliphatic carbocycles. The van der Waals surface area contributed by atoms with Crippen molar-refractivity contribution < 1.29 is 33.6 Å². The molecule has 37 heavy (non-hydrogen) atoms. The molecule has 0 amide bonds. The minimum absolute atomic E-state index is 0.0996. The van der Waals surface area contributed by atoms with Gasteiger partial charge < -0.3 is 28.8 Å². The maximum Gasteiger partial charge on any atom is 0.339 e. The molecule has 0 aromatic heterocycles. The summed E-state index contributed by atoms with van der Waals surface area (Å²) in [4.78, 5) is 15.6. The first-order valence-electron chi connectivity index (χ1n) is 13.3. The van der Waals surface area contributed by atoms with Gasteiger partial charge in [0.1, 0.15) is 30.7 Å². The van der Waals surface area contributed by atoms with E-state index in [1.54, 1.807) is 6.08 Å². The lowest BCUT2D eigenvalue weighted by Gasteiger charge is -2.26. The topological polar surface area (TPSA) is 86.7 Å². The summed E-state index contributed by atoms with van der Waals surface area (Å²) in [5.74, 6) is -0.554. The molecule has 4 rings (SSSR count). The number of aliphatic hydroxyl groups excluding tert-OH is 1. The Hall–Kier alpha value is -2.23. The molecule has 204 valence electrons. The van der Waals surface area contributed by atoms with Crippen LogP contribution >= 0.6 is 0 Å². The molecule has 5 atom stereocenters. The molecule has 8 nitrogen and oxygen atoms in total. The second-order valence-electron chi connectivity index (χ2n) is 10.6. The maximum atomic E-state index is 13.3. The molecule has 1 aromatic carbocycles. The SMILES string of the molecule is Cc1cc(OCCN2CCOCC2)cc2c1C(=O)O[C@@H](C)[C@H](C)/C=C\C(O)C1OC(C)(C)O[C@H]1C/C=C/2. The number of carbonyl (C=O) groups excluding carboxylic acids is 1. The van der Waals surface area contributed by atoms with Crippen molar-refractivity contribution in [1.29, 1.82) is 0 Å². The molecule has 1 N–H and O–H groups in total. The van der Waals surface area contributed by atoms with Crippen LogP contribution in [0.15, 0.2) is 30.4 Å². The van der Waals surface area contributed by atoms with Gasteiger partial charge >= 0.3 is 5.97 Å². The Balaban J connectivity index is 1.59. The normalized spacial score (nSPS) is 32.5. The lowest BCUT2D eigenvalue weighted by Crippen LogP contribution is -2.38. The molecule has 3 aliphatic rings. The summed E-state index contributed by atoms with van der Waals surface area (Å²) in [6, 6.07) is 3.79. The minimum atomic E-state index is -0.838. The van der Waals surface area contributed by atoms with Crippen molar-refractivity contribution >= 4 is 12.0 Å². The number of aliphatic hydroxyl groups is 1. The predicted molar refractivity (Wildman–Crippen MR) is 141 cm³/mol. The first-order valence-corrected chi connectivity index (χ1v) is 13.3. The van der Waals surface area contributed by atoms with Crippen LogP contribution in [0, 0.1) is 12.8 Å². The fourth-order valence-electron chi connectivity index (χ4n) is 4.95. The number of aryl methyl sites for hydroxylation is 1. The van der Waals surface area contributed by atoms with Gasteiger partial charge in [0.2, 0.25) is 0 Å². The van der Waals surface area contributed by atoms with Crippen molar-refractivity contribution in [2.24, 2.45) is 5.92 Å². The number of nitrogens with zero attached hydrogens (tertiary/aromatic N) is 1. The highest BCUT2D eigenvalue weighted by Crippen LogP contribution is 2.33. The summed E-state index contributed by atoms with van der Waals surface area (Å²) in [6.07, 6.45) is 5.92. The average molecular weight is 516 g/mol. The van der Waals surface area contributed by atoms with Gasteiger partial charge in [0.25, 0.3) is 0 Å². The van der Waals surface area contributed by atoms with Crippen molar-refractivity contribution in [2.45, 2.75) is 71.2 Å². The van der Waals surface area contributed by atoms with Crippen LogP contribution in [0.5, 0.6) is 5.75 Å². The molecule has 1 aromatic rings. The molecule has 0 bridgehead atoms. The number of carbonyl (C=O) groups is 1. The summed E-state index contributed by atoms with van der Waals surface area (Å²) >= 11 is 0. The highest BCUT2D eigenvalue weighted by Gasteiger charge is 2.43. The number of rotatable bonds is 4. The summed E-state index contributed by atoms with van der Waals surface area (Å²) in [5, 5.41) is 10.8. The van der Waals surface area contributed by atoms with Crippen LogP contribution in [0.3, 0.4) is 0 Å². The van der Waals surface area contributed by atoms with Crippen LogP contribution in [-0.2, 0) is 18.9 Å². The van der Waals surface area contributed by atoms with Gasteiger partial charge in [0.05, 0.1) is 24.9 Å². The van der Waals surface area contributed by atoms with Crippen LogP contribution in [0.25, 0.3) is 6.08 Å². The number of hydrogen-bond donors (Lipinski definition) is 1. The smallest absolute Gasteiger partial charge is 0.339 e. The third-order valence-corrected chi connectivity index (χ3v) is 7.19. The number of benzene rings is 1. The predicted octanol–water partition coefficient (Wildman–Crippen LogP) is 3.74. The summed E-state index contributed by atoms with van der Waals surface area (Å²) in [6.45, 7) is 14.1. The van der Waals surface area contributed by atoms with Gasteiger partial charge in [-0.15, -0.1) is 0 Å². The molecular weight excluding hydrogens is 474 g/mol. The highest BCUT2D eigenvalue weighted by atomic mass is 16.8. The Kier molecular flexibility index (Phi) is 9.08. The molecule has 0 radical (unpaired) electrons. The standard InChI is InChI=1S/C29H41NO7/c1-19-9-10-24(31)27-25(36-29(4,5)37-27)8-6-7-22-18-23(34-16-13-30-11-14-33-15-12-30)17-20(2)26(22)28(32)35-21(19)3/h6-7,9-10,17-19,21,24-25,27,31H,8,11-16H2,1-5H3/b7-6+,10-9-/t19-,21+,24?,25+,27?/m1/s1. The van der Waals surface area contributed by atoms with Crippen LogP contribution in [-0.4, -0.2) is 85.6 Å². The van der Waals surface area contributed by atoms with Gasteiger partial charge in [-0.25, -0.2) is 4.79 Å². The van der Waals surface area contributed by atoms with Crippen LogP contribution in [0.4, 0.5) is 0 Å². The summed E-state index contributed by atoms with van der Waals surface area (Å²) in [5.41, 5.74) is 2.05. The van der Waals surface area contributed by atoms with E-state index in [0.717, 1.165) is 44.0 Å². The van der Waals surface area contributed by atoms with Gasteiger partial charge in [-0.3, -0.25) is 4.90 Å². The zero-order valence-electron chi connectivity index (χ0n) is 22.6. The Bertz CT molecular complexity index is 998. The molecular formula is C29H41NO7. The van der Waals surface area contributed by atoms with Crippen molar-refractivity contribution in [3.05, 3.63) is 47.1 Å². The Morgan fingerprint density at radius 3 is 2.65 bits per heavy atom. The van der Waals surface area contributed by atoms with E-state index in [-0.39, 0.29) is 24.1 Å². The monoisotopic (exact) mass is 515 g/mol. The summed E-state index contributed by atoms with van der Waals surface area (Å²) in [7, 11) is 0. The molecule has 2 fully saturated rings. The fourth-order valence-corrected chi connectivity index (χ4v) is 4.95. The van der Waals surface area contributed by atoms with E-state index in [0.29, 0.717) is 24.3 Å². The molecule has 8 heteroatoms. The van der Waals surface area contributed by atoms with Crippen LogP contribution < -0.4 is 4.74 Å². The Morgan fingerprint density at radius 2 is 1.89 bits per heavy atom. The van der Waals surface area contributed by atoms with E-state index in [4.69, 9.17) is 23.7 Å². The van der Waals surface area contributed by atoms with E-state index < -0.39 is 18.0 Å². The molecule has 3 aliphatic heterocycles. The first kappa shape index (κ1) is 27.8. The van der Waals surface area contributed by atoms with E-state index in [2.05, 4.69) is 4.90 Å². The number of ether oxygens (including phenoxy) is 5. The van der Waals surface area contributed by atoms with Gasteiger partial charge in [-0.1, -0.05) is 31.2 Å². The lowest BCUT2D eigenvalue weighted by molar-refractivity contribution is -0.152. The van der Waals surface area contributed by atoms with Gasteiger partial charge in [-0.05, 0) is 57.4 Å². The fraction of sp³-hybridized carbons (Fsp3) is 0.621. The zero-order valence-corrected chi connectivity index (χ0v) is 22.6. The third kappa shape index (κ3) is 7.21. The van der Waals surface area contributed by atoms with E-state index >= 15 is 0 Å². The number of hydrogen-bond acceptors (Lipinski definition) is 8. The number of morpholine rings is 1. The van der Waals surface area contributed by atoms with E-state index in [9.17, 15) is 9.90 Å². The van der Waals surface area contributed by atoms with Crippen LogP contribution in [0.2, 0.25) is 0 Å². The van der Waals surface area contributed by atoms with Crippen molar-refractivity contribution in [3.8, 4) is 5.75 Å². The third-order valence-electron chi connectivity index (χ3n) is 7.19. The second kappa shape index (κ2) is 12.1. The highest BCUT2D eigenvalue weighted by molar-refractivity contribution is 5.95. The Morgan fingerprint density at radius 1 is 1.14 bits per heavy atom. The van der Waals surface area contributed by atoms with Crippen LogP contribution in [0.1, 0.15) is 55.6 Å². The molecule has 0 spiro atoms.